The lowest BCUT2D eigenvalue weighted by Gasteiger charge is -2.24. The molecule has 0 saturated heterocycles. The van der Waals surface area contributed by atoms with Crippen LogP contribution in [0.1, 0.15) is 47.0 Å². The summed E-state index contributed by atoms with van der Waals surface area (Å²) in [6.07, 6.45) is 3.73. The molecule has 2 heteroatoms. The third kappa shape index (κ3) is 7.03. The molecule has 13 heavy (non-hydrogen) atoms. The van der Waals surface area contributed by atoms with Crippen molar-refractivity contribution in [1.29, 1.82) is 0 Å². The molecule has 0 aliphatic heterocycles. The van der Waals surface area contributed by atoms with Crippen molar-refractivity contribution in [1.82, 2.24) is 0 Å². The first-order valence-electron chi connectivity index (χ1n) is 5.26. The van der Waals surface area contributed by atoms with E-state index in [0.717, 1.165) is 6.61 Å². The van der Waals surface area contributed by atoms with E-state index >= 15 is 0 Å². The van der Waals surface area contributed by atoms with Gasteiger partial charge in [0.05, 0.1) is 12.2 Å². The molecule has 0 aliphatic carbocycles. The van der Waals surface area contributed by atoms with Crippen LogP contribution in [-0.4, -0.2) is 23.9 Å². The predicted octanol–water partition coefficient (Wildman–Crippen LogP) is 2.60. The van der Waals surface area contributed by atoms with Crippen LogP contribution in [0.4, 0.5) is 0 Å². The van der Waals surface area contributed by atoms with Gasteiger partial charge in [-0.2, -0.15) is 0 Å². The van der Waals surface area contributed by atoms with Crippen molar-refractivity contribution < 1.29 is 9.84 Å². The lowest BCUT2D eigenvalue weighted by Crippen LogP contribution is -2.30. The zero-order valence-electron chi connectivity index (χ0n) is 9.47. The summed E-state index contributed by atoms with van der Waals surface area (Å²) in [7, 11) is 0. The fourth-order valence-electron chi connectivity index (χ4n) is 1.05. The van der Waals surface area contributed by atoms with E-state index in [-0.39, 0.29) is 12.2 Å². The Labute approximate surface area is 82.3 Å². The number of aliphatic hydroxyl groups excluding tert-OH is 1. The molecule has 0 aromatic carbocycles. The number of rotatable bonds is 7. The van der Waals surface area contributed by atoms with Crippen molar-refractivity contribution in [2.45, 2.75) is 52.6 Å². The number of hydrogen-bond donors (Lipinski definition) is 1. The molecule has 0 amide bonds. The summed E-state index contributed by atoms with van der Waals surface area (Å²) >= 11 is 0. The molecule has 0 aliphatic rings. The molecule has 2 nitrogen and oxygen atoms in total. The third-order valence-electron chi connectivity index (χ3n) is 2.19. The lowest BCUT2D eigenvalue weighted by molar-refractivity contribution is -0.0660. The van der Waals surface area contributed by atoms with Gasteiger partial charge in [0.15, 0.2) is 0 Å². The molecule has 80 valence electrons. The maximum absolute atomic E-state index is 8.96. The molecular formula is C11H24O2. The maximum Gasteiger partial charge on any atom is 0.0856 e. The van der Waals surface area contributed by atoms with Crippen molar-refractivity contribution in [2.75, 3.05) is 13.2 Å². The van der Waals surface area contributed by atoms with Gasteiger partial charge in [-0.25, -0.2) is 0 Å². The molecule has 0 spiro atoms. The summed E-state index contributed by atoms with van der Waals surface area (Å²) in [5, 5.41) is 8.96. The smallest absolute Gasteiger partial charge is 0.0856 e. The lowest BCUT2D eigenvalue weighted by atomic mass is 10.1. The monoisotopic (exact) mass is 188 g/mol. The average molecular weight is 188 g/mol. The molecule has 0 fully saturated rings. The van der Waals surface area contributed by atoms with Crippen LogP contribution in [0.3, 0.4) is 0 Å². The normalized spacial score (nSPS) is 14.5. The van der Waals surface area contributed by atoms with Crippen LogP contribution < -0.4 is 0 Å². The minimum atomic E-state index is -0.375. The van der Waals surface area contributed by atoms with Gasteiger partial charge >= 0.3 is 0 Å². The van der Waals surface area contributed by atoms with E-state index in [1.165, 1.54) is 19.3 Å². The van der Waals surface area contributed by atoms with Crippen LogP contribution in [0.5, 0.6) is 0 Å². The summed E-state index contributed by atoms with van der Waals surface area (Å²) < 4.78 is 5.59. The van der Waals surface area contributed by atoms with Gasteiger partial charge in [0.2, 0.25) is 0 Å². The van der Waals surface area contributed by atoms with Gasteiger partial charge in [-0.1, -0.05) is 26.7 Å². The molecule has 0 heterocycles. The first-order chi connectivity index (χ1) is 6.02. The van der Waals surface area contributed by atoms with Crippen molar-refractivity contribution in [2.24, 2.45) is 5.92 Å². The summed E-state index contributed by atoms with van der Waals surface area (Å²) in [6.45, 7) is 9.08. The fraction of sp³-hybridized carbons (Fsp3) is 1.00. The van der Waals surface area contributed by atoms with Crippen LogP contribution in [0, 0.1) is 5.92 Å². The second-order valence-electron chi connectivity index (χ2n) is 4.48. The Balaban J connectivity index is 3.51. The first-order valence-corrected chi connectivity index (χ1v) is 5.26. The summed E-state index contributed by atoms with van der Waals surface area (Å²) in [6, 6.07) is 0. The van der Waals surface area contributed by atoms with Gasteiger partial charge in [0.25, 0.3) is 0 Å². The highest BCUT2D eigenvalue weighted by molar-refractivity contribution is 4.66. The SMILES string of the molecule is CCCCC(C)COC(C)(C)CO. The van der Waals surface area contributed by atoms with Crippen molar-refractivity contribution in [3.63, 3.8) is 0 Å². The van der Waals surface area contributed by atoms with Crippen LogP contribution in [-0.2, 0) is 4.74 Å². The second-order valence-corrected chi connectivity index (χ2v) is 4.48. The Kier molecular flexibility index (Phi) is 6.35. The molecule has 1 atom stereocenters. The van der Waals surface area contributed by atoms with Crippen LogP contribution in [0.2, 0.25) is 0 Å². The average Bonchev–Trinajstić information content (AvgIpc) is 2.11. The molecule has 1 N–H and O–H groups in total. The highest BCUT2D eigenvalue weighted by Crippen LogP contribution is 2.13. The Morgan fingerprint density at radius 3 is 2.46 bits per heavy atom. The van der Waals surface area contributed by atoms with Gasteiger partial charge in [0.1, 0.15) is 0 Å². The first kappa shape index (κ1) is 12.9. The minimum absolute atomic E-state index is 0.0908. The van der Waals surface area contributed by atoms with Crippen molar-refractivity contribution >= 4 is 0 Å². The van der Waals surface area contributed by atoms with Gasteiger partial charge < -0.3 is 9.84 Å². The molecule has 0 aromatic rings. The van der Waals surface area contributed by atoms with E-state index in [1.807, 2.05) is 13.8 Å². The van der Waals surface area contributed by atoms with Gasteiger partial charge in [-0.05, 0) is 26.2 Å². The number of unbranched alkanes of at least 4 members (excludes halogenated alkanes) is 1. The summed E-state index contributed by atoms with van der Waals surface area (Å²) in [5.74, 6) is 0.603. The molecule has 0 rings (SSSR count). The van der Waals surface area contributed by atoms with E-state index in [2.05, 4.69) is 13.8 Å². The highest BCUT2D eigenvalue weighted by atomic mass is 16.5. The number of hydrogen-bond acceptors (Lipinski definition) is 2. The third-order valence-corrected chi connectivity index (χ3v) is 2.19. The summed E-state index contributed by atoms with van der Waals surface area (Å²) in [5.41, 5.74) is -0.375. The fourth-order valence-corrected chi connectivity index (χ4v) is 1.05. The molecule has 0 aromatic heterocycles. The Bertz CT molecular complexity index is 121. The molecule has 0 bridgehead atoms. The van der Waals surface area contributed by atoms with Crippen LogP contribution in [0.15, 0.2) is 0 Å². The van der Waals surface area contributed by atoms with E-state index in [1.54, 1.807) is 0 Å². The second kappa shape index (κ2) is 6.39. The number of aliphatic hydroxyl groups is 1. The standard InChI is InChI=1S/C11H24O2/c1-5-6-7-10(2)8-13-11(3,4)9-12/h10,12H,5-9H2,1-4H3. The Morgan fingerprint density at radius 1 is 1.38 bits per heavy atom. The zero-order valence-corrected chi connectivity index (χ0v) is 9.47. The quantitative estimate of drug-likeness (QED) is 0.665. The van der Waals surface area contributed by atoms with E-state index in [4.69, 9.17) is 9.84 Å². The molecule has 0 radical (unpaired) electrons. The summed E-state index contributed by atoms with van der Waals surface area (Å²) in [4.78, 5) is 0. The van der Waals surface area contributed by atoms with Crippen LogP contribution in [0.25, 0.3) is 0 Å². The Morgan fingerprint density at radius 2 is 2.00 bits per heavy atom. The minimum Gasteiger partial charge on any atom is -0.393 e. The van der Waals surface area contributed by atoms with E-state index in [9.17, 15) is 0 Å². The van der Waals surface area contributed by atoms with Crippen molar-refractivity contribution in [3.05, 3.63) is 0 Å². The van der Waals surface area contributed by atoms with Gasteiger partial charge in [0, 0.05) is 6.61 Å². The van der Waals surface area contributed by atoms with E-state index in [0.29, 0.717) is 5.92 Å². The van der Waals surface area contributed by atoms with Crippen LogP contribution >= 0.6 is 0 Å². The molecule has 1 unspecified atom stereocenters. The largest absolute Gasteiger partial charge is 0.393 e. The highest BCUT2D eigenvalue weighted by Gasteiger charge is 2.17. The predicted molar refractivity (Wildman–Crippen MR) is 55.8 cm³/mol. The Hall–Kier alpha value is -0.0800. The van der Waals surface area contributed by atoms with Gasteiger partial charge in [-0.3, -0.25) is 0 Å². The van der Waals surface area contributed by atoms with Gasteiger partial charge in [-0.15, -0.1) is 0 Å². The molecular weight excluding hydrogens is 164 g/mol. The molecule has 0 saturated carbocycles. The zero-order chi connectivity index (χ0) is 10.3. The number of ether oxygens (including phenoxy) is 1. The van der Waals surface area contributed by atoms with E-state index < -0.39 is 0 Å². The maximum atomic E-state index is 8.96. The van der Waals surface area contributed by atoms with Crippen molar-refractivity contribution in [3.8, 4) is 0 Å². The topological polar surface area (TPSA) is 29.5 Å².